The highest BCUT2D eigenvalue weighted by Gasteiger charge is 2.22. The van der Waals surface area contributed by atoms with E-state index in [-0.39, 0.29) is 0 Å². The van der Waals surface area contributed by atoms with Gasteiger partial charge in [0.2, 0.25) is 0 Å². The molecule has 60 valence electrons. The van der Waals surface area contributed by atoms with Crippen molar-refractivity contribution in [3.63, 3.8) is 0 Å². The van der Waals surface area contributed by atoms with Crippen LogP contribution in [0, 0.1) is 11.8 Å². The topological polar surface area (TPSA) is 26.0 Å². The van der Waals surface area contributed by atoms with Gasteiger partial charge in [0.1, 0.15) is 0 Å². The Kier molecular flexibility index (Phi) is 2.72. The first-order chi connectivity index (χ1) is 4.72. The fourth-order valence-electron chi connectivity index (χ4n) is 2.14. The van der Waals surface area contributed by atoms with E-state index in [2.05, 4.69) is 13.8 Å². The van der Waals surface area contributed by atoms with Crippen molar-refractivity contribution in [1.29, 1.82) is 0 Å². The Morgan fingerprint density at radius 3 is 2.50 bits per heavy atom. The van der Waals surface area contributed by atoms with Gasteiger partial charge in [0.25, 0.3) is 0 Å². The van der Waals surface area contributed by atoms with Crippen molar-refractivity contribution in [2.75, 3.05) is 0 Å². The Morgan fingerprint density at radius 2 is 2.00 bits per heavy atom. The van der Waals surface area contributed by atoms with E-state index in [1.54, 1.807) is 0 Å². The molecule has 3 atom stereocenters. The highest BCUT2D eigenvalue weighted by Crippen LogP contribution is 2.29. The summed E-state index contributed by atoms with van der Waals surface area (Å²) in [6.45, 7) is 4.59. The van der Waals surface area contributed by atoms with Crippen LogP contribution >= 0.6 is 0 Å². The molecule has 1 nitrogen and oxygen atoms in total. The molecule has 1 fully saturated rings. The Labute approximate surface area is 64.0 Å². The number of hydrogen-bond acceptors (Lipinski definition) is 1. The first-order valence-corrected chi connectivity index (χ1v) is 4.48. The predicted molar refractivity (Wildman–Crippen MR) is 44.8 cm³/mol. The van der Waals surface area contributed by atoms with Crippen molar-refractivity contribution in [3.05, 3.63) is 0 Å². The van der Waals surface area contributed by atoms with Crippen LogP contribution in [0.25, 0.3) is 0 Å². The lowest BCUT2D eigenvalue weighted by Crippen LogP contribution is -2.31. The van der Waals surface area contributed by atoms with E-state index in [4.69, 9.17) is 5.73 Å². The van der Waals surface area contributed by atoms with Crippen molar-refractivity contribution in [2.24, 2.45) is 17.6 Å². The molecule has 1 saturated carbocycles. The lowest BCUT2D eigenvalue weighted by molar-refractivity contribution is 0.248. The van der Waals surface area contributed by atoms with Gasteiger partial charge in [-0.3, -0.25) is 0 Å². The summed E-state index contributed by atoms with van der Waals surface area (Å²) >= 11 is 0. The summed E-state index contributed by atoms with van der Waals surface area (Å²) in [6, 6.07) is 0.494. The van der Waals surface area contributed by atoms with E-state index < -0.39 is 0 Å². The van der Waals surface area contributed by atoms with Gasteiger partial charge in [0.15, 0.2) is 0 Å². The van der Waals surface area contributed by atoms with Gasteiger partial charge in [-0.15, -0.1) is 0 Å². The maximum Gasteiger partial charge on any atom is 0.00440 e. The molecule has 0 amide bonds. The van der Waals surface area contributed by atoms with Crippen molar-refractivity contribution < 1.29 is 0 Å². The Balaban J connectivity index is 2.35. The standard InChI is InChI=1S/C9H19N/c1-3-8-4-7(2)5-9(10)6-8/h7-9H,3-6,10H2,1-2H3/t7-,8+,9-/m0/s1. The van der Waals surface area contributed by atoms with E-state index in [1.165, 1.54) is 25.7 Å². The molecule has 0 radical (unpaired) electrons. The molecule has 0 unspecified atom stereocenters. The summed E-state index contributed by atoms with van der Waals surface area (Å²) in [5.74, 6) is 1.78. The van der Waals surface area contributed by atoms with Crippen LogP contribution in [0.3, 0.4) is 0 Å². The smallest absolute Gasteiger partial charge is 0.00440 e. The van der Waals surface area contributed by atoms with Gasteiger partial charge in [-0.25, -0.2) is 0 Å². The van der Waals surface area contributed by atoms with Gasteiger partial charge in [-0.2, -0.15) is 0 Å². The van der Waals surface area contributed by atoms with Crippen LogP contribution in [0.15, 0.2) is 0 Å². The normalized spacial score (nSPS) is 41.7. The van der Waals surface area contributed by atoms with E-state index >= 15 is 0 Å². The minimum absolute atomic E-state index is 0.494. The fourth-order valence-corrected chi connectivity index (χ4v) is 2.14. The van der Waals surface area contributed by atoms with Crippen LogP contribution in [0.2, 0.25) is 0 Å². The third-order valence-electron chi connectivity index (χ3n) is 2.65. The fraction of sp³-hybridized carbons (Fsp3) is 1.00. The molecular weight excluding hydrogens is 122 g/mol. The molecule has 1 heteroatoms. The van der Waals surface area contributed by atoms with E-state index in [9.17, 15) is 0 Å². The molecule has 0 aliphatic heterocycles. The minimum atomic E-state index is 0.494. The highest BCUT2D eigenvalue weighted by molar-refractivity contribution is 4.77. The second-order valence-corrected chi connectivity index (χ2v) is 3.85. The zero-order valence-corrected chi connectivity index (χ0v) is 7.14. The second kappa shape index (κ2) is 3.38. The average Bonchev–Trinajstić information content (AvgIpc) is 1.85. The first-order valence-electron chi connectivity index (χ1n) is 4.48. The molecule has 10 heavy (non-hydrogen) atoms. The Bertz CT molecular complexity index is 90.9. The molecule has 0 spiro atoms. The van der Waals surface area contributed by atoms with Gasteiger partial charge >= 0.3 is 0 Å². The van der Waals surface area contributed by atoms with E-state index in [1.807, 2.05) is 0 Å². The molecule has 0 aromatic carbocycles. The highest BCUT2D eigenvalue weighted by atomic mass is 14.6. The van der Waals surface area contributed by atoms with Gasteiger partial charge in [0, 0.05) is 6.04 Å². The van der Waals surface area contributed by atoms with Gasteiger partial charge in [-0.05, 0) is 31.1 Å². The zero-order chi connectivity index (χ0) is 7.56. The molecule has 1 aliphatic rings. The Morgan fingerprint density at radius 1 is 1.30 bits per heavy atom. The average molecular weight is 141 g/mol. The van der Waals surface area contributed by atoms with Crippen molar-refractivity contribution in [2.45, 2.75) is 45.6 Å². The summed E-state index contributed by atoms with van der Waals surface area (Å²) in [5, 5.41) is 0. The first kappa shape index (κ1) is 8.06. The zero-order valence-electron chi connectivity index (χ0n) is 7.14. The SMILES string of the molecule is CC[C@@H]1C[C@H](C)C[C@H](N)C1. The van der Waals surface area contributed by atoms with Crippen LogP contribution in [0.1, 0.15) is 39.5 Å². The summed E-state index contributed by atoms with van der Waals surface area (Å²) in [7, 11) is 0. The predicted octanol–water partition coefficient (Wildman–Crippen LogP) is 2.16. The number of rotatable bonds is 1. The lowest BCUT2D eigenvalue weighted by atomic mass is 9.79. The Hall–Kier alpha value is -0.0400. The number of hydrogen-bond donors (Lipinski definition) is 1. The maximum absolute atomic E-state index is 5.89. The summed E-state index contributed by atoms with van der Waals surface area (Å²) in [6.07, 6.45) is 5.24. The molecule has 0 aromatic heterocycles. The molecule has 2 N–H and O–H groups in total. The lowest BCUT2D eigenvalue weighted by Gasteiger charge is -2.30. The third-order valence-corrected chi connectivity index (χ3v) is 2.65. The molecule has 1 rings (SSSR count). The minimum Gasteiger partial charge on any atom is -0.328 e. The van der Waals surface area contributed by atoms with Crippen LogP contribution in [-0.2, 0) is 0 Å². The van der Waals surface area contributed by atoms with Crippen molar-refractivity contribution in [1.82, 2.24) is 0 Å². The van der Waals surface area contributed by atoms with Gasteiger partial charge < -0.3 is 5.73 Å². The van der Waals surface area contributed by atoms with Crippen LogP contribution in [0.4, 0.5) is 0 Å². The summed E-state index contributed by atoms with van der Waals surface area (Å²) in [5.41, 5.74) is 5.89. The largest absolute Gasteiger partial charge is 0.328 e. The third kappa shape index (κ3) is 1.98. The van der Waals surface area contributed by atoms with E-state index in [0.717, 1.165) is 11.8 Å². The molecule has 0 bridgehead atoms. The molecule has 0 aromatic rings. The quantitative estimate of drug-likeness (QED) is 0.595. The number of nitrogens with two attached hydrogens (primary N) is 1. The van der Waals surface area contributed by atoms with Crippen molar-refractivity contribution in [3.8, 4) is 0 Å². The monoisotopic (exact) mass is 141 g/mol. The maximum atomic E-state index is 5.89. The van der Waals surface area contributed by atoms with Crippen LogP contribution < -0.4 is 5.73 Å². The second-order valence-electron chi connectivity index (χ2n) is 3.85. The van der Waals surface area contributed by atoms with Gasteiger partial charge in [-0.1, -0.05) is 20.3 Å². The molecule has 0 saturated heterocycles. The van der Waals surface area contributed by atoms with Crippen LogP contribution in [0.5, 0.6) is 0 Å². The van der Waals surface area contributed by atoms with Gasteiger partial charge in [0.05, 0.1) is 0 Å². The molecule has 1 aliphatic carbocycles. The van der Waals surface area contributed by atoms with E-state index in [0.29, 0.717) is 6.04 Å². The summed E-state index contributed by atoms with van der Waals surface area (Å²) in [4.78, 5) is 0. The van der Waals surface area contributed by atoms with Crippen LogP contribution in [-0.4, -0.2) is 6.04 Å². The van der Waals surface area contributed by atoms with Crippen molar-refractivity contribution >= 4 is 0 Å². The summed E-state index contributed by atoms with van der Waals surface area (Å²) < 4.78 is 0. The molecular formula is C9H19N. The molecule has 0 heterocycles.